The molecule has 102 valence electrons. The first kappa shape index (κ1) is 12.8. The first-order valence-electron chi connectivity index (χ1n) is 7.00. The van der Waals surface area contributed by atoms with E-state index in [2.05, 4.69) is 10.3 Å². The van der Waals surface area contributed by atoms with Crippen molar-refractivity contribution in [2.75, 3.05) is 6.54 Å². The molecular weight excluding hydrogens is 260 g/mol. The number of nitrogens with zero attached hydrogens (tertiary/aromatic N) is 1. The van der Waals surface area contributed by atoms with Crippen LogP contribution in [0.4, 0.5) is 0 Å². The summed E-state index contributed by atoms with van der Waals surface area (Å²) in [4.78, 5) is 28.8. The van der Waals surface area contributed by atoms with Gasteiger partial charge in [0.25, 0.3) is 5.91 Å². The molecule has 1 aromatic heterocycles. The number of ketones is 1. The van der Waals surface area contributed by atoms with E-state index in [1.807, 2.05) is 0 Å². The summed E-state index contributed by atoms with van der Waals surface area (Å²) in [5.74, 6) is 0.681. The molecule has 1 aromatic rings. The van der Waals surface area contributed by atoms with E-state index in [-0.39, 0.29) is 24.2 Å². The van der Waals surface area contributed by atoms with Crippen molar-refractivity contribution >= 4 is 23.0 Å². The highest BCUT2D eigenvalue weighted by Crippen LogP contribution is 2.36. The fraction of sp³-hybridized carbons (Fsp3) is 0.643. The maximum atomic E-state index is 12.1. The number of rotatable bonds is 5. The number of nitrogens with one attached hydrogen (secondary N) is 1. The van der Waals surface area contributed by atoms with Gasteiger partial charge in [-0.25, -0.2) is 4.98 Å². The Labute approximate surface area is 116 Å². The van der Waals surface area contributed by atoms with Crippen LogP contribution in [-0.4, -0.2) is 23.2 Å². The molecular formula is C14H18N2O2S. The Balaban J connectivity index is 1.62. The molecule has 0 saturated heterocycles. The van der Waals surface area contributed by atoms with Gasteiger partial charge in [0.2, 0.25) is 0 Å². The second-order valence-electron chi connectivity index (χ2n) is 5.47. The van der Waals surface area contributed by atoms with Crippen molar-refractivity contribution in [1.29, 1.82) is 0 Å². The van der Waals surface area contributed by atoms with Crippen LogP contribution in [0.2, 0.25) is 0 Å². The Morgan fingerprint density at radius 2 is 2.00 bits per heavy atom. The number of thiazole rings is 1. The van der Waals surface area contributed by atoms with Crippen LogP contribution in [0.25, 0.3) is 0 Å². The van der Waals surface area contributed by atoms with E-state index in [0.29, 0.717) is 10.8 Å². The van der Waals surface area contributed by atoms with Gasteiger partial charge in [-0.1, -0.05) is 12.8 Å². The molecule has 0 spiro atoms. The second-order valence-corrected chi connectivity index (χ2v) is 6.33. The lowest BCUT2D eigenvalue weighted by atomic mass is 10.0. The van der Waals surface area contributed by atoms with E-state index in [1.54, 1.807) is 5.51 Å². The Morgan fingerprint density at radius 1 is 1.26 bits per heavy atom. The molecule has 19 heavy (non-hydrogen) atoms. The molecule has 1 N–H and O–H groups in total. The van der Waals surface area contributed by atoms with Gasteiger partial charge >= 0.3 is 0 Å². The minimum atomic E-state index is -0.126. The zero-order chi connectivity index (χ0) is 13.2. The summed E-state index contributed by atoms with van der Waals surface area (Å²) in [6, 6.07) is 0. The third-order valence-corrected chi connectivity index (χ3v) is 4.84. The molecule has 0 unspecified atom stereocenters. The molecule has 2 fully saturated rings. The van der Waals surface area contributed by atoms with E-state index in [4.69, 9.17) is 0 Å². The van der Waals surface area contributed by atoms with Crippen LogP contribution in [0.15, 0.2) is 5.51 Å². The number of hydrogen-bond donors (Lipinski definition) is 1. The van der Waals surface area contributed by atoms with Gasteiger partial charge in [-0.2, -0.15) is 0 Å². The molecule has 2 aliphatic rings. The second kappa shape index (κ2) is 5.41. The first-order chi connectivity index (χ1) is 9.25. The summed E-state index contributed by atoms with van der Waals surface area (Å²) >= 11 is 1.39. The first-order valence-corrected chi connectivity index (χ1v) is 7.88. The standard InChI is InChI=1S/C14H18N2O2S/c17-11(9-5-6-9)7-15-14(18)13-12(16-8-19-13)10-3-1-2-4-10/h8-10H,1-7H2,(H,15,18). The van der Waals surface area contributed by atoms with Crippen LogP contribution in [0, 0.1) is 5.92 Å². The molecule has 3 rings (SSSR count). The summed E-state index contributed by atoms with van der Waals surface area (Å²) in [5, 5.41) is 2.75. The quantitative estimate of drug-likeness (QED) is 0.900. The zero-order valence-corrected chi connectivity index (χ0v) is 11.7. The third kappa shape index (κ3) is 2.86. The number of carbonyl (C=O) groups is 2. The van der Waals surface area contributed by atoms with Gasteiger partial charge in [0, 0.05) is 11.8 Å². The van der Waals surface area contributed by atoms with Crippen LogP contribution >= 0.6 is 11.3 Å². The Morgan fingerprint density at radius 3 is 2.68 bits per heavy atom. The lowest BCUT2D eigenvalue weighted by molar-refractivity contribution is -0.119. The molecule has 0 bridgehead atoms. The minimum Gasteiger partial charge on any atom is -0.344 e. The van der Waals surface area contributed by atoms with Crippen molar-refractivity contribution in [1.82, 2.24) is 10.3 Å². The highest BCUT2D eigenvalue weighted by molar-refractivity contribution is 7.11. The lowest BCUT2D eigenvalue weighted by Gasteiger charge is -2.09. The number of Topliss-reactive ketones (excluding diaryl/α,β-unsaturated/α-hetero) is 1. The monoisotopic (exact) mass is 278 g/mol. The van der Waals surface area contributed by atoms with Gasteiger partial charge in [-0.05, 0) is 25.7 Å². The van der Waals surface area contributed by atoms with Gasteiger partial charge < -0.3 is 5.32 Å². The number of carbonyl (C=O) groups excluding carboxylic acids is 2. The molecule has 1 amide bonds. The van der Waals surface area contributed by atoms with Crippen LogP contribution in [-0.2, 0) is 4.79 Å². The molecule has 4 nitrogen and oxygen atoms in total. The summed E-state index contributed by atoms with van der Waals surface area (Å²) in [6.45, 7) is 0.172. The number of hydrogen-bond acceptors (Lipinski definition) is 4. The Kier molecular flexibility index (Phi) is 3.64. The molecule has 2 aliphatic carbocycles. The smallest absolute Gasteiger partial charge is 0.263 e. The van der Waals surface area contributed by atoms with Crippen molar-refractivity contribution in [2.45, 2.75) is 44.4 Å². The van der Waals surface area contributed by atoms with Crippen molar-refractivity contribution < 1.29 is 9.59 Å². The predicted octanol–water partition coefficient (Wildman–Crippen LogP) is 2.51. The highest BCUT2D eigenvalue weighted by Gasteiger charge is 2.30. The van der Waals surface area contributed by atoms with Crippen molar-refractivity contribution in [3.8, 4) is 0 Å². The molecule has 0 aromatic carbocycles. The molecule has 2 saturated carbocycles. The fourth-order valence-corrected chi connectivity index (χ4v) is 3.50. The van der Waals surface area contributed by atoms with E-state index in [9.17, 15) is 9.59 Å². The van der Waals surface area contributed by atoms with Crippen LogP contribution in [0.3, 0.4) is 0 Å². The molecule has 5 heteroatoms. The van der Waals surface area contributed by atoms with E-state index >= 15 is 0 Å². The third-order valence-electron chi connectivity index (χ3n) is 4.00. The summed E-state index contributed by atoms with van der Waals surface area (Å²) in [7, 11) is 0. The maximum absolute atomic E-state index is 12.1. The Bertz CT molecular complexity index is 487. The lowest BCUT2D eigenvalue weighted by Crippen LogP contribution is -2.30. The number of aromatic nitrogens is 1. The molecule has 0 radical (unpaired) electrons. The fourth-order valence-electron chi connectivity index (χ4n) is 2.71. The van der Waals surface area contributed by atoms with E-state index in [0.717, 1.165) is 31.4 Å². The maximum Gasteiger partial charge on any atom is 0.263 e. The SMILES string of the molecule is O=C(NCC(=O)C1CC1)c1scnc1C1CCCC1. The van der Waals surface area contributed by atoms with Crippen molar-refractivity contribution in [3.05, 3.63) is 16.1 Å². The predicted molar refractivity (Wildman–Crippen MR) is 73.4 cm³/mol. The normalized spacial score (nSPS) is 19.6. The van der Waals surface area contributed by atoms with Crippen LogP contribution in [0.1, 0.15) is 59.8 Å². The van der Waals surface area contributed by atoms with Gasteiger partial charge in [0.1, 0.15) is 4.88 Å². The Hall–Kier alpha value is -1.23. The summed E-state index contributed by atoms with van der Waals surface area (Å²) in [6.07, 6.45) is 6.69. The van der Waals surface area contributed by atoms with Gasteiger partial charge in [-0.3, -0.25) is 9.59 Å². The van der Waals surface area contributed by atoms with Gasteiger partial charge in [0.05, 0.1) is 17.7 Å². The average molecular weight is 278 g/mol. The number of amides is 1. The highest BCUT2D eigenvalue weighted by atomic mass is 32.1. The largest absolute Gasteiger partial charge is 0.344 e. The average Bonchev–Trinajstić information content (AvgIpc) is 2.94. The minimum absolute atomic E-state index is 0.126. The van der Waals surface area contributed by atoms with Crippen molar-refractivity contribution in [3.63, 3.8) is 0 Å². The van der Waals surface area contributed by atoms with Gasteiger partial charge in [0.15, 0.2) is 5.78 Å². The summed E-state index contributed by atoms with van der Waals surface area (Å²) in [5.41, 5.74) is 2.68. The molecule has 1 heterocycles. The molecule has 0 atom stereocenters. The van der Waals surface area contributed by atoms with E-state index in [1.165, 1.54) is 24.2 Å². The van der Waals surface area contributed by atoms with Crippen molar-refractivity contribution in [2.24, 2.45) is 5.92 Å². The summed E-state index contributed by atoms with van der Waals surface area (Å²) < 4.78 is 0. The van der Waals surface area contributed by atoms with E-state index < -0.39 is 0 Å². The van der Waals surface area contributed by atoms with Gasteiger partial charge in [-0.15, -0.1) is 11.3 Å². The topological polar surface area (TPSA) is 59.1 Å². The van der Waals surface area contributed by atoms with Crippen LogP contribution < -0.4 is 5.32 Å². The van der Waals surface area contributed by atoms with Crippen LogP contribution in [0.5, 0.6) is 0 Å². The zero-order valence-electron chi connectivity index (χ0n) is 10.9. The molecule has 0 aliphatic heterocycles.